The standard InChI is InChI=1S/C19H18O7/c1-19(2)12(7-20)25-11-6-10(22)13-15(23)8-4-5-9(21)17(24-3)16(8)26-18(13)14(11)19/h4-6,12,20-22H,7H2,1-3H3. The van der Waals surface area contributed by atoms with Crippen molar-refractivity contribution < 1.29 is 29.2 Å². The van der Waals surface area contributed by atoms with E-state index in [2.05, 4.69) is 0 Å². The van der Waals surface area contributed by atoms with E-state index in [0.29, 0.717) is 11.3 Å². The Bertz CT molecular complexity index is 1110. The number of aliphatic hydroxyl groups excluding tert-OH is 1. The molecule has 0 spiro atoms. The number of hydrogen-bond donors (Lipinski definition) is 3. The maximum atomic E-state index is 13.0. The van der Waals surface area contributed by atoms with Crippen LogP contribution in [-0.2, 0) is 5.41 Å². The van der Waals surface area contributed by atoms with E-state index in [-0.39, 0.29) is 45.8 Å². The number of aromatic hydroxyl groups is 2. The van der Waals surface area contributed by atoms with E-state index in [1.54, 1.807) is 0 Å². The summed E-state index contributed by atoms with van der Waals surface area (Å²) in [4.78, 5) is 13.0. The highest BCUT2D eigenvalue weighted by Crippen LogP contribution is 2.49. The van der Waals surface area contributed by atoms with Gasteiger partial charge in [-0.05, 0) is 12.1 Å². The van der Waals surface area contributed by atoms with Crippen molar-refractivity contribution in [2.75, 3.05) is 13.7 Å². The first-order valence-corrected chi connectivity index (χ1v) is 8.11. The van der Waals surface area contributed by atoms with Gasteiger partial charge in [-0.1, -0.05) is 13.8 Å². The first kappa shape index (κ1) is 16.5. The lowest BCUT2D eigenvalue weighted by atomic mass is 9.80. The van der Waals surface area contributed by atoms with E-state index < -0.39 is 16.9 Å². The van der Waals surface area contributed by atoms with Gasteiger partial charge in [-0.15, -0.1) is 0 Å². The SMILES string of the molecule is COc1c(O)ccc2c(=O)c3c(O)cc4c(c3oc12)C(C)(C)C(CO)O4. The number of phenolic OH excluding ortho intramolecular Hbond substituents is 2. The predicted molar refractivity (Wildman–Crippen MR) is 94.4 cm³/mol. The number of methoxy groups -OCH3 is 1. The molecule has 7 nitrogen and oxygen atoms in total. The number of phenols is 2. The lowest BCUT2D eigenvalue weighted by molar-refractivity contribution is 0.0888. The highest BCUT2D eigenvalue weighted by Gasteiger charge is 2.44. The van der Waals surface area contributed by atoms with Crippen molar-refractivity contribution in [2.24, 2.45) is 0 Å². The van der Waals surface area contributed by atoms with Crippen LogP contribution in [0.4, 0.5) is 0 Å². The predicted octanol–water partition coefficient (Wildman–Crippen LogP) is 2.40. The summed E-state index contributed by atoms with van der Waals surface area (Å²) >= 11 is 0. The molecule has 0 fully saturated rings. The van der Waals surface area contributed by atoms with Crippen LogP contribution < -0.4 is 14.9 Å². The summed E-state index contributed by atoms with van der Waals surface area (Å²) < 4.78 is 16.9. The van der Waals surface area contributed by atoms with Gasteiger partial charge in [0.15, 0.2) is 11.3 Å². The molecule has 136 valence electrons. The zero-order chi connectivity index (χ0) is 18.8. The summed E-state index contributed by atoms with van der Waals surface area (Å²) in [6.07, 6.45) is -0.547. The van der Waals surface area contributed by atoms with E-state index in [9.17, 15) is 20.1 Å². The average Bonchev–Trinajstić information content (AvgIpc) is 2.84. The van der Waals surface area contributed by atoms with Gasteiger partial charge in [0.2, 0.25) is 11.2 Å². The van der Waals surface area contributed by atoms with Crippen LogP contribution in [0.1, 0.15) is 19.4 Å². The zero-order valence-corrected chi connectivity index (χ0v) is 14.5. The van der Waals surface area contributed by atoms with Crippen LogP contribution in [0.25, 0.3) is 21.9 Å². The van der Waals surface area contributed by atoms with E-state index in [1.807, 2.05) is 13.8 Å². The molecule has 26 heavy (non-hydrogen) atoms. The second kappa shape index (κ2) is 5.28. The Morgan fingerprint density at radius 3 is 2.58 bits per heavy atom. The normalized spacial score (nSPS) is 18.1. The first-order valence-electron chi connectivity index (χ1n) is 8.11. The Hall–Kier alpha value is -2.93. The van der Waals surface area contributed by atoms with E-state index in [1.165, 1.54) is 25.3 Å². The Morgan fingerprint density at radius 2 is 1.92 bits per heavy atom. The third-order valence-corrected chi connectivity index (χ3v) is 5.08. The maximum Gasteiger partial charge on any atom is 0.204 e. The highest BCUT2D eigenvalue weighted by atomic mass is 16.5. The Labute approximate surface area is 148 Å². The Balaban J connectivity index is 2.23. The topological polar surface area (TPSA) is 109 Å². The molecule has 1 aromatic heterocycles. The molecule has 0 radical (unpaired) electrons. The number of ether oxygens (including phenoxy) is 2. The average molecular weight is 358 g/mol. The second-order valence-corrected chi connectivity index (χ2v) is 6.91. The van der Waals surface area contributed by atoms with Gasteiger partial charge in [0.1, 0.15) is 28.6 Å². The number of hydrogen-bond acceptors (Lipinski definition) is 7. The van der Waals surface area contributed by atoms with E-state index in [4.69, 9.17) is 13.9 Å². The number of benzene rings is 2. The summed E-state index contributed by atoms with van der Waals surface area (Å²) in [5, 5.41) is 30.2. The van der Waals surface area contributed by atoms with E-state index >= 15 is 0 Å². The van der Waals surface area contributed by atoms with Crippen molar-refractivity contribution in [1.29, 1.82) is 0 Å². The molecule has 1 atom stereocenters. The van der Waals surface area contributed by atoms with Gasteiger partial charge < -0.3 is 29.2 Å². The molecule has 4 rings (SSSR count). The quantitative estimate of drug-likeness (QED) is 0.604. The van der Waals surface area contributed by atoms with Crippen molar-refractivity contribution in [3.63, 3.8) is 0 Å². The lowest BCUT2D eigenvalue weighted by Crippen LogP contribution is -2.35. The monoisotopic (exact) mass is 358 g/mol. The van der Waals surface area contributed by atoms with Gasteiger partial charge in [0.05, 0.1) is 19.1 Å². The van der Waals surface area contributed by atoms with Gasteiger partial charge in [-0.2, -0.15) is 0 Å². The largest absolute Gasteiger partial charge is 0.507 e. The van der Waals surface area contributed by atoms with Crippen molar-refractivity contribution in [3.8, 4) is 23.0 Å². The Morgan fingerprint density at radius 1 is 1.19 bits per heavy atom. The molecule has 7 heteroatoms. The van der Waals surface area contributed by atoms with E-state index in [0.717, 1.165) is 0 Å². The minimum Gasteiger partial charge on any atom is -0.507 e. The van der Waals surface area contributed by atoms with Gasteiger partial charge in [-0.3, -0.25) is 4.79 Å². The highest BCUT2D eigenvalue weighted by molar-refractivity contribution is 5.98. The molecule has 0 saturated carbocycles. The molecule has 0 saturated heterocycles. The first-order chi connectivity index (χ1) is 12.3. The molecule has 2 heterocycles. The second-order valence-electron chi connectivity index (χ2n) is 6.91. The Kier molecular flexibility index (Phi) is 3.36. The van der Waals surface area contributed by atoms with Gasteiger partial charge in [0.25, 0.3) is 0 Å². The molecule has 2 aromatic carbocycles. The van der Waals surface area contributed by atoms with Crippen LogP contribution in [-0.4, -0.2) is 35.1 Å². The van der Waals surface area contributed by atoms with Crippen LogP contribution in [0.15, 0.2) is 27.4 Å². The third kappa shape index (κ3) is 1.94. The van der Waals surface area contributed by atoms with Crippen molar-refractivity contribution in [3.05, 3.63) is 34.0 Å². The van der Waals surface area contributed by atoms with Crippen LogP contribution in [0, 0.1) is 0 Å². The summed E-state index contributed by atoms with van der Waals surface area (Å²) in [6.45, 7) is 3.49. The smallest absolute Gasteiger partial charge is 0.204 e. The molecule has 1 aliphatic heterocycles. The number of aliphatic hydroxyl groups is 1. The van der Waals surface area contributed by atoms with Crippen LogP contribution in [0.5, 0.6) is 23.0 Å². The van der Waals surface area contributed by atoms with Gasteiger partial charge in [0, 0.05) is 17.0 Å². The fourth-order valence-corrected chi connectivity index (χ4v) is 3.64. The fraction of sp³-hybridized carbons (Fsp3) is 0.316. The molecular formula is C19H18O7. The maximum absolute atomic E-state index is 13.0. The molecule has 1 unspecified atom stereocenters. The minimum atomic E-state index is -0.663. The summed E-state index contributed by atoms with van der Waals surface area (Å²) in [5.41, 5.74) is -0.288. The molecule has 3 aromatic rings. The van der Waals surface area contributed by atoms with Gasteiger partial charge in [-0.25, -0.2) is 0 Å². The molecule has 0 aliphatic carbocycles. The molecule has 1 aliphatic rings. The summed E-state index contributed by atoms with van der Waals surface area (Å²) in [6, 6.07) is 4.13. The number of rotatable bonds is 2. The van der Waals surface area contributed by atoms with Gasteiger partial charge >= 0.3 is 0 Å². The molecule has 3 N–H and O–H groups in total. The number of fused-ring (bicyclic) bond motifs is 4. The van der Waals surface area contributed by atoms with Crippen molar-refractivity contribution in [1.82, 2.24) is 0 Å². The minimum absolute atomic E-state index is 0.0271. The third-order valence-electron chi connectivity index (χ3n) is 5.08. The molecule has 0 bridgehead atoms. The zero-order valence-electron chi connectivity index (χ0n) is 14.5. The lowest BCUT2D eigenvalue weighted by Gasteiger charge is -2.24. The fourth-order valence-electron chi connectivity index (χ4n) is 3.64. The molecular weight excluding hydrogens is 340 g/mol. The summed E-state index contributed by atoms with van der Waals surface area (Å²) in [5.74, 6) is -0.0476. The van der Waals surface area contributed by atoms with Crippen molar-refractivity contribution in [2.45, 2.75) is 25.4 Å². The molecule has 0 amide bonds. The van der Waals surface area contributed by atoms with Crippen LogP contribution in [0.2, 0.25) is 0 Å². The summed E-state index contributed by atoms with van der Waals surface area (Å²) in [7, 11) is 1.36. The van der Waals surface area contributed by atoms with Crippen LogP contribution >= 0.6 is 0 Å². The van der Waals surface area contributed by atoms with Crippen molar-refractivity contribution >= 4 is 21.9 Å². The van der Waals surface area contributed by atoms with Crippen LogP contribution in [0.3, 0.4) is 0 Å².